The van der Waals surface area contributed by atoms with Gasteiger partial charge < -0.3 is 20.1 Å². The van der Waals surface area contributed by atoms with Crippen molar-refractivity contribution in [2.75, 3.05) is 13.2 Å². The van der Waals surface area contributed by atoms with Crippen molar-refractivity contribution in [1.29, 1.82) is 5.26 Å². The number of halogens is 2. The minimum Gasteiger partial charge on any atom is -0.480 e. The molecule has 1 aromatic heterocycles. The second-order valence-electron chi connectivity index (χ2n) is 6.52. The molecule has 2 aromatic carbocycles. The molecule has 31 heavy (non-hydrogen) atoms. The maximum absolute atomic E-state index is 12.6. The van der Waals surface area contributed by atoms with E-state index in [1.54, 1.807) is 12.1 Å². The van der Waals surface area contributed by atoms with Crippen LogP contribution >= 0.6 is 38.5 Å². The number of carbonyl (C=O) groups excluding carboxylic acids is 1. The van der Waals surface area contributed by atoms with Crippen LogP contribution in [0.2, 0.25) is 0 Å². The molecule has 7 nitrogen and oxygen atoms in total. The zero-order chi connectivity index (χ0) is 22.4. The summed E-state index contributed by atoms with van der Waals surface area (Å²) in [7, 11) is 0. The number of hydrogen-bond donors (Lipinski definition) is 3. The topological polar surface area (TPSA) is 115 Å². The Morgan fingerprint density at radius 3 is 2.84 bits per heavy atom. The van der Waals surface area contributed by atoms with Crippen molar-refractivity contribution in [3.05, 3.63) is 67.3 Å². The second kappa shape index (κ2) is 10.5. The van der Waals surface area contributed by atoms with Crippen molar-refractivity contribution in [2.45, 2.75) is 6.42 Å². The minimum absolute atomic E-state index is 0.104. The molecule has 0 aliphatic rings. The predicted molar refractivity (Wildman–Crippen MR) is 129 cm³/mol. The molecule has 3 N–H and O–H groups in total. The van der Waals surface area contributed by atoms with E-state index in [1.165, 1.54) is 6.08 Å². The van der Waals surface area contributed by atoms with E-state index in [1.807, 2.05) is 36.5 Å². The fourth-order valence-corrected chi connectivity index (χ4v) is 4.69. The molecule has 158 valence electrons. The summed E-state index contributed by atoms with van der Waals surface area (Å²) in [6.45, 7) is -0.184. The van der Waals surface area contributed by atoms with E-state index in [-0.39, 0.29) is 11.3 Å². The summed E-state index contributed by atoms with van der Waals surface area (Å²) in [6, 6.07) is 13.3. The Balaban J connectivity index is 1.74. The summed E-state index contributed by atoms with van der Waals surface area (Å²) in [6.07, 6.45) is 3.91. The van der Waals surface area contributed by atoms with Gasteiger partial charge in [0.15, 0.2) is 6.61 Å². The third kappa shape index (κ3) is 5.86. The number of H-pyrrole nitrogens is 1. The van der Waals surface area contributed by atoms with Gasteiger partial charge in [0.25, 0.3) is 5.91 Å². The average molecular weight is 594 g/mol. The highest BCUT2D eigenvalue weighted by Crippen LogP contribution is 2.33. The monoisotopic (exact) mass is 593 g/mol. The molecule has 0 aliphatic heterocycles. The van der Waals surface area contributed by atoms with Gasteiger partial charge in [-0.05, 0) is 74.8 Å². The number of carboxylic acid groups (broad SMARTS) is 1. The minimum atomic E-state index is -1.13. The number of benzene rings is 2. The Morgan fingerprint density at radius 1 is 1.32 bits per heavy atom. The van der Waals surface area contributed by atoms with E-state index >= 15 is 0 Å². The van der Waals surface area contributed by atoms with Crippen LogP contribution in [-0.2, 0) is 16.0 Å². The molecular formula is C22H17BrIN3O4. The SMILES string of the molecule is N#C/C(=C/c1cc(I)cc(Br)c1OCC(=O)O)C(=O)NCCc1c[nH]c2ccccc12. The van der Waals surface area contributed by atoms with Crippen LogP contribution in [0.25, 0.3) is 17.0 Å². The van der Waals surface area contributed by atoms with E-state index in [2.05, 4.69) is 48.8 Å². The summed E-state index contributed by atoms with van der Waals surface area (Å²) in [5.74, 6) is -1.39. The van der Waals surface area contributed by atoms with E-state index in [9.17, 15) is 14.9 Å². The number of aromatic amines is 1. The summed E-state index contributed by atoms with van der Waals surface area (Å²) in [4.78, 5) is 26.6. The lowest BCUT2D eigenvalue weighted by atomic mass is 10.1. The van der Waals surface area contributed by atoms with Crippen LogP contribution < -0.4 is 10.1 Å². The highest BCUT2D eigenvalue weighted by Gasteiger charge is 2.15. The molecule has 0 saturated carbocycles. The fourth-order valence-electron chi connectivity index (χ4n) is 3.02. The molecular weight excluding hydrogens is 577 g/mol. The van der Waals surface area contributed by atoms with Crippen LogP contribution in [0.1, 0.15) is 11.1 Å². The van der Waals surface area contributed by atoms with Crippen molar-refractivity contribution in [1.82, 2.24) is 10.3 Å². The van der Waals surface area contributed by atoms with E-state index in [4.69, 9.17) is 9.84 Å². The smallest absolute Gasteiger partial charge is 0.341 e. The van der Waals surface area contributed by atoms with Crippen molar-refractivity contribution in [3.63, 3.8) is 0 Å². The van der Waals surface area contributed by atoms with Gasteiger partial charge in [-0.25, -0.2) is 4.79 Å². The van der Waals surface area contributed by atoms with Gasteiger partial charge in [-0.3, -0.25) is 4.79 Å². The van der Waals surface area contributed by atoms with Crippen molar-refractivity contribution >= 4 is 67.4 Å². The standard InChI is InChI=1S/C22H17BrIN3O4/c23-18-9-16(24)8-14(21(18)31-12-20(28)29)7-15(10-25)22(30)26-6-5-13-11-27-19-4-2-1-3-17(13)19/h1-4,7-9,11,27H,5-6,12H2,(H,26,30)(H,28,29)/b15-7-. The lowest BCUT2D eigenvalue weighted by molar-refractivity contribution is -0.139. The van der Waals surface area contributed by atoms with Crippen molar-refractivity contribution in [3.8, 4) is 11.8 Å². The van der Waals surface area contributed by atoms with E-state index < -0.39 is 18.5 Å². The second-order valence-corrected chi connectivity index (χ2v) is 8.62. The van der Waals surface area contributed by atoms with Crippen LogP contribution in [0.3, 0.4) is 0 Å². The first kappa shape index (κ1) is 22.8. The lowest BCUT2D eigenvalue weighted by Crippen LogP contribution is -2.26. The molecule has 0 saturated heterocycles. The number of amides is 1. The van der Waals surface area contributed by atoms with Gasteiger partial charge in [-0.2, -0.15) is 5.26 Å². The first-order valence-corrected chi connectivity index (χ1v) is 11.0. The maximum atomic E-state index is 12.6. The number of rotatable bonds is 8. The Morgan fingerprint density at radius 2 is 2.10 bits per heavy atom. The number of aromatic nitrogens is 1. The van der Waals surface area contributed by atoms with Gasteiger partial charge in [-0.1, -0.05) is 18.2 Å². The summed E-state index contributed by atoms with van der Waals surface area (Å²) in [5.41, 5.74) is 2.43. The van der Waals surface area contributed by atoms with Gasteiger partial charge in [0.1, 0.15) is 17.4 Å². The predicted octanol–water partition coefficient (Wildman–Crippen LogP) is 4.26. The van der Waals surface area contributed by atoms with Crippen molar-refractivity contribution < 1.29 is 19.4 Å². The zero-order valence-corrected chi connectivity index (χ0v) is 19.9. The summed E-state index contributed by atoms with van der Waals surface area (Å²) >= 11 is 5.43. The molecule has 1 amide bonds. The highest BCUT2D eigenvalue weighted by atomic mass is 127. The molecule has 3 rings (SSSR count). The number of nitriles is 1. The zero-order valence-electron chi connectivity index (χ0n) is 16.1. The Hall–Kier alpha value is -2.84. The van der Waals surface area contributed by atoms with Gasteiger partial charge in [0, 0.05) is 32.8 Å². The Kier molecular flexibility index (Phi) is 7.70. The number of carbonyl (C=O) groups is 2. The van der Waals surface area contributed by atoms with Gasteiger partial charge in [0.2, 0.25) is 0 Å². The molecule has 9 heteroatoms. The average Bonchev–Trinajstić information content (AvgIpc) is 3.14. The number of fused-ring (bicyclic) bond motifs is 1. The van der Waals surface area contributed by atoms with Gasteiger partial charge in [-0.15, -0.1) is 0 Å². The van der Waals surface area contributed by atoms with Crippen LogP contribution in [0.15, 0.2) is 52.6 Å². The third-order valence-electron chi connectivity index (χ3n) is 4.40. The van der Waals surface area contributed by atoms with Crippen LogP contribution in [-0.4, -0.2) is 35.1 Å². The van der Waals surface area contributed by atoms with Crippen molar-refractivity contribution in [2.24, 2.45) is 0 Å². The molecule has 0 radical (unpaired) electrons. The number of nitrogens with zero attached hydrogens (tertiary/aromatic N) is 1. The number of ether oxygens (including phenoxy) is 1. The molecule has 0 fully saturated rings. The number of nitrogens with one attached hydrogen (secondary N) is 2. The number of carboxylic acids is 1. The molecule has 0 spiro atoms. The first-order valence-electron chi connectivity index (χ1n) is 9.17. The fraction of sp³-hybridized carbons (Fsp3) is 0.136. The molecule has 0 bridgehead atoms. The third-order valence-corrected chi connectivity index (χ3v) is 5.61. The first-order chi connectivity index (χ1) is 14.9. The van der Waals surface area contributed by atoms with Crippen LogP contribution in [0.5, 0.6) is 5.75 Å². The number of aliphatic carboxylic acids is 1. The van der Waals surface area contributed by atoms with Gasteiger partial charge in [0.05, 0.1) is 4.47 Å². The van der Waals surface area contributed by atoms with Crippen LogP contribution in [0.4, 0.5) is 0 Å². The maximum Gasteiger partial charge on any atom is 0.341 e. The number of hydrogen-bond acceptors (Lipinski definition) is 4. The number of para-hydroxylation sites is 1. The Labute approximate surface area is 200 Å². The molecule has 1 heterocycles. The summed E-state index contributed by atoms with van der Waals surface area (Å²) in [5, 5.41) is 22.2. The van der Waals surface area contributed by atoms with E-state index in [0.717, 1.165) is 20.0 Å². The van der Waals surface area contributed by atoms with E-state index in [0.29, 0.717) is 23.0 Å². The molecule has 0 atom stereocenters. The molecule has 0 aliphatic carbocycles. The highest BCUT2D eigenvalue weighted by molar-refractivity contribution is 14.1. The van der Waals surface area contributed by atoms with Gasteiger partial charge >= 0.3 is 5.97 Å². The molecule has 3 aromatic rings. The largest absolute Gasteiger partial charge is 0.480 e. The normalized spacial score (nSPS) is 11.2. The quantitative estimate of drug-likeness (QED) is 0.205. The summed E-state index contributed by atoms with van der Waals surface area (Å²) < 4.78 is 6.70. The van der Waals surface area contributed by atoms with Crippen LogP contribution in [0, 0.1) is 14.9 Å². The molecule has 0 unspecified atom stereocenters. The lowest BCUT2D eigenvalue weighted by Gasteiger charge is -2.11. The Bertz CT molecular complexity index is 1210.